The molecular weight excluding hydrogens is 248 g/mol. The molecule has 20 heavy (non-hydrogen) atoms. The molecule has 0 N–H and O–H groups in total. The normalized spacial score (nSPS) is 10.4. The number of rotatable bonds is 8. The molecule has 1 aromatic rings. The minimum absolute atomic E-state index is 0.276. The highest BCUT2D eigenvalue weighted by atomic mass is 16.2. The second kappa shape index (κ2) is 8.62. The highest BCUT2D eigenvalue weighted by molar-refractivity contribution is 5.76. The molecular formula is C17H28N2O. The van der Waals surface area contributed by atoms with Gasteiger partial charge in [-0.15, -0.1) is 0 Å². The van der Waals surface area contributed by atoms with Gasteiger partial charge in [-0.1, -0.05) is 31.9 Å². The Kier molecular flexibility index (Phi) is 7.13. The molecule has 0 bridgehead atoms. The van der Waals surface area contributed by atoms with Gasteiger partial charge in [-0.3, -0.25) is 4.79 Å². The van der Waals surface area contributed by atoms with Crippen LogP contribution < -0.4 is 4.90 Å². The maximum atomic E-state index is 12.1. The first-order valence-corrected chi connectivity index (χ1v) is 7.62. The van der Waals surface area contributed by atoms with Crippen molar-refractivity contribution in [3.63, 3.8) is 0 Å². The predicted octanol–water partition coefficient (Wildman–Crippen LogP) is 3.68. The Morgan fingerprint density at radius 3 is 2.20 bits per heavy atom. The van der Waals surface area contributed by atoms with Crippen LogP contribution >= 0.6 is 0 Å². The van der Waals surface area contributed by atoms with Crippen LogP contribution in [0.1, 0.15) is 45.1 Å². The smallest absolute Gasteiger partial charge is 0.222 e. The minimum Gasteiger partial charge on any atom is -0.378 e. The third-order valence-corrected chi connectivity index (χ3v) is 3.55. The predicted molar refractivity (Wildman–Crippen MR) is 86.0 cm³/mol. The number of benzene rings is 1. The zero-order valence-electron chi connectivity index (χ0n) is 13.4. The standard InChI is InChI=1S/C17H28N2O/c1-5-7-8-9-17(20)19(6-2)14-15-10-12-16(13-11-15)18(3)4/h10-13H,5-9,14H2,1-4H3. The van der Waals surface area contributed by atoms with Crippen molar-refractivity contribution in [2.45, 2.75) is 46.1 Å². The van der Waals surface area contributed by atoms with Gasteiger partial charge in [0.15, 0.2) is 0 Å². The molecule has 0 heterocycles. The minimum atomic E-state index is 0.276. The fraction of sp³-hybridized carbons (Fsp3) is 0.588. The fourth-order valence-corrected chi connectivity index (χ4v) is 2.18. The Bertz CT molecular complexity index is 398. The molecule has 1 amide bonds. The zero-order chi connectivity index (χ0) is 15.0. The van der Waals surface area contributed by atoms with E-state index in [1.54, 1.807) is 0 Å². The van der Waals surface area contributed by atoms with Gasteiger partial charge >= 0.3 is 0 Å². The molecule has 0 spiro atoms. The van der Waals surface area contributed by atoms with Crippen LogP contribution in [0.5, 0.6) is 0 Å². The summed E-state index contributed by atoms with van der Waals surface area (Å²) in [6.07, 6.45) is 3.98. The Morgan fingerprint density at radius 1 is 1.05 bits per heavy atom. The Balaban J connectivity index is 2.56. The summed E-state index contributed by atoms with van der Waals surface area (Å²) in [6, 6.07) is 8.42. The second-order valence-electron chi connectivity index (χ2n) is 5.43. The van der Waals surface area contributed by atoms with Crippen molar-refractivity contribution in [3.8, 4) is 0 Å². The lowest BCUT2D eigenvalue weighted by Crippen LogP contribution is -2.30. The van der Waals surface area contributed by atoms with Gasteiger partial charge in [-0.2, -0.15) is 0 Å². The summed E-state index contributed by atoms with van der Waals surface area (Å²) in [7, 11) is 4.06. The largest absolute Gasteiger partial charge is 0.378 e. The first-order valence-electron chi connectivity index (χ1n) is 7.62. The Labute approximate surface area is 123 Å². The number of anilines is 1. The van der Waals surface area contributed by atoms with Gasteiger partial charge in [0, 0.05) is 39.3 Å². The molecule has 112 valence electrons. The van der Waals surface area contributed by atoms with Gasteiger partial charge in [0.25, 0.3) is 0 Å². The lowest BCUT2D eigenvalue weighted by molar-refractivity contribution is -0.131. The van der Waals surface area contributed by atoms with Crippen molar-refractivity contribution in [1.29, 1.82) is 0 Å². The first-order chi connectivity index (χ1) is 9.58. The molecule has 0 saturated carbocycles. The van der Waals surface area contributed by atoms with Crippen LogP contribution in [0.25, 0.3) is 0 Å². The van der Waals surface area contributed by atoms with Crippen LogP contribution in [0.2, 0.25) is 0 Å². The van der Waals surface area contributed by atoms with E-state index in [9.17, 15) is 4.79 Å². The number of amides is 1. The van der Waals surface area contributed by atoms with Crippen LogP contribution in [0.3, 0.4) is 0 Å². The van der Waals surface area contributed by atoms with E-state index in [0.717, 1.165) is 32.4 Å². The van der Waals surface area contributed by atoms with E-state index < -0.39 is 0 Å². The van der Waals surface area contributed by atoms with E-state index in [-0.39, 0.29) is 5.91 Å². The van der Waals surface area contributed by atoms with Gasteiger partial charge in [0.2, 0.25) is 5.91 Å². The molecule has 0 fully saturated rings. The molecule has 0 radical (unpaired) electrons. The van der Waals surface area contributed by atoms with Crippen molar-refractivity contribution >= 4 is 11.6 Å². The highest BCUT2D eigenvalue weighted by Crippen LogP contribution is 2.14. The number of carbonyl (C=O) groups excluding carboxylic acids is 1. The third kappa shape index (κ3) is 5.24. The SMILES string of the molecule is CCCCCC(=O)N(CC)Cc1ccc(N(C)C)cc1. The molecule has 1 rings (SSSR count). The van der Waals surface area contributed by atoms with E-state index in [1.165, 1.54) is 11.3 Å². The topological polar surface area (TPSA) is 23.6 Å². The summed E-state index contributed by atoms with van der Waals surface area (Å²) in [5, 5.41) is 0. The lowest BCUT2D eigenvalue weighted by atomic mass is 10.1. The first kappa shape index (κ1) is 16.5. The molecule has 0 atom stereocenters. The number of nitrogens with zero attached hydrogens (tertiary/aromatic N) is 2. The molecule has 0 aliphatic heterocycles. The summed E-state index contributed by atoms with van der Waals surface area (Å²) >= 11 is 0. The molecule has 0 saturated heterocycles. The van der Waals surface area contributed by atoms with Gasteiger partial charge in [-0.05, 0) is 31.0 Å². The quantitative estimate of drug-likeness (QED) is 0.676. The van der Waals surface area contributed by atoms with E-state index in [4.69, 9.17) is 0 Å². The average molecular weight is 276 g/mol. The number of hydrogen-bond donors (Lipinski definition) is 0. The molecule has 0 aliphatic carbocycles. The summed E-state index contributed by atoms with van der Waals surface area (Å²) in [4.78, 5) is 16.2. The van der Waals surface area contributed by atoms with E-state index in [1.807, 2.05) is 25.9 Å². The van der Waals surface area contributed by atoms with Crippen LogP contribution in [0, 0.1) is 0 Å². The van der Waals surface area contributed by atoms with Crippen LogP contribution in [0.15, 0.2) is 24.3 Å². The number of unbranched alkanes of at least 4 members (excludes halogenated alkanes) is 2. The number of carbonyl (C=O) groups is 1. The zero-order valence-corrected chi connectivity index (χ0v) is 13.4. The van der Waals surface area contributed by atoms with Crippen molar-refractivity contribution in [2.24, 2.45) is 0 Å². The van der Waals surface area contributed by atoms with Gasteiger partial charge in [0.05, 0.1) is 0 Å². The summed E-state index contributed by atoms with van der Waals surface area (Å²) in [5.74, 6) is 0.276. The van der Waals surface area contributed by atoms with Crippen molar-refractivity contribution in [1.82, 2.24) is 4.90 Å². The lowest BCUT2D eigenvalue weighted by Gasteiger charge is -2.21. The fourth-order valence-electron chi connectivity index (χ4n) is 2.18. The summed E-state index contributed by atoms with van der Waals surface area (Å²) in [6.45, 7) is 5.70. The molecule has 0 aromatic heterocycles. The molecule has 0 unspecified atom stereocenters. The Morgan fingerprint density at radius 2 is 1.70 bits per heavy atom. The number of hydrogen-bond acceptors (Lipinski definition) is 2. The van der Waals surface area contributed by atoms with Crippen LogP contribution in [-0.2, 0) is 11.3 Å². The monoisotopic (exact) mass is 276 g/mol. The van der Waals surface area contributed by atoms with Gasteiger partial charge in [-0.25, -0.2) is 0 Å². The molecule has 3 nitrogen and oxygen atoms in total. The third-order valence-electron chi connectivity index (χ3n) is 3.55. The summed E-state index contributed by atoms with van der Waals surface area (Å²) < 4.78 is 0. The average Bonchev–Trinajstić information content (AvgIpc) is 2.45. The summed E-state index contributed by atoms with van der Waals surface area (Å²) in [5.41, 5.74) is 2.38. The molecule has 0 aliphatic rings. The van der Waals surface area contributed by atoms with Gasteiger partial charge < -0.3 is 9.80 Å². The van der Waals surface area contributed by atoms with E-state index >= 15 is 0 Å². The van der Waals surface area contributed by atoms with E-state index in [0.29, 0.717) is 6.42 Å². The maximum Gasteiger partial charge on any atom is 0.222 e. The van der Waals surface area contributed by atoms with Crippen LogP contribution in [-0.4, -0.2) is 31.4 Å². The molecule has 1 aromatic carbocycles. The molecule has 3 heteroatoms. The van der Waals surface area contributed by atoms with Crippen LogP contribution in [0.4, 0.5) is 5.69 Å². The van der Waals surface area contributed by atoms with Gasteiger partial charge in [0.1, 0.15) is 0 Å². The van der Waals surface area contributed by atoms with Crippen molar-refractivity contribution in [3.05, 3.63) is 29.8 Å². The van der Waals surface area contributed by atoms with E-state index in [2.05, 4.69) is 36.1 Å². The Hall–Kier alpha value is -1.51. The van der Waals surface area contributed by atoms with Crippen molar-refractivity contribution in [2.75, 3.05) is 25.5 Å². The highest BCUT2D eigenvalue weighted by Gasteiger charge is 2.11. The second-order valence-corrected chi connectivity index (χ2v) is 5.43. The maximum absolute atomic E-state index is 12.1. The van der Waals surface area contributed by atoms with Crippen molar-refractivity contribution < 1.29 is 4.79 Å².